The van der Waals surface area contributed by atoms with E-state index in [0.717, 1.165) is 5.52 Å². The number of benzene rings is 1. The SMILES string of the molecule is O=c1cc[nH]c2cccc(Nc3cccc(-c4nncn4CCF)n3)c12. The van der Waals surface area contributed by atoms with Gasteiger partial charge in [0.25, 0.3) is 0 Å². The van der Waals surface area contributed by atoms with Crippen LogP contribution in [-0.2, 0) is 6.54 Å². The molecule has 0 atom stereocenters. The third-order valence-electron chi connectivity index (χ3n) is 3.97. The Balaban J connectivity index is 1.73. The maximum Gasteiger partial charge on any atom is 0.191 e. The second-order valence-corrected chi connectivity index (χ2v) is 5.64. The third-order valence-corrected chi connectivity index (χ3v) is 3.97. The van der Waals surface area contributed by atoms with E-state index in [9.17, 15) is 9.18 Å². The molecule has 1 aromatic carbocycles. The molecule has 0 saturated heterocycles. The van der Waals surface area contributed by atoms with Crippen molar-refractivity contribution in [2.24, 2.45) is 0 Å². The standard InChI is InChI=1S/C18H15FN6O/c19-8-10-25-11-21-24-18(25)14-5-2-6-16(23-14)22-13-4-1-3-12-17(13)15(26)7-9-20-12/h1-7,9,11H,8,10H2,(H,20,26)(H,22,23). The Kier molecular flexibility index (Phi) is 4.14. The maximum atomic E-state index is 12.7. The van der Waals surface area contributed by atoms with Crippen molar-refractivity contribution in [3.05, 3.63) is 65.2 Å². The largest absolute Gasteiger partial charge is 0.361 e. The van der Waals surface area contributed by atoms with Gasteiger partial charge in [-0.15, -0.1) is 10.2 Å². The topological polar surface area (TPSA) is 88.5 Å². The van der Waals surface area contributed by atoms with Crippen molar-refractivity contribution < 1.29 is 4.39 Å². The van der Waals surface area contributed by atoms with Crippen LogP contribution in [0.15, 0.2) is 59.8 Å². The molecule has 0 fully saturated rings. The number of halogens is 1. The van der Waals surface area contributed by atoms with Crippen molar-refractivity contribution in [1.82, 2.24) is 24.7 Å². The van der Waals surface area contributed by atoms with Gasteiger partial charge >= 0.3 is 0 Å². The number of H-pyrrole nitrogens is 1. The molecule has 26 heavy (non-hydrogen) atoms. The summed E-state index contributed by atoms with van der Waals surface area (Å²) in [4.78, 5) is 19.8. The molecule has 0 amide bonds. The van der Waals surface area contributed by atoms with Gasteiger partial charge in [-0.25, -0.2) is 9.37 Å². The summed E-state index contributed by atoms with van der Waals surface area (Å²) in [6, 6.07) is 12.4. The van der Waals surface area contributed by atoms with Crippen molar-refractivity contribution in [2.45, 2.75) is 6.54 Å². The molecule has 4 aromatic rings. The highest BCUT2D eigenvalue weighted by molar-refractivity contribution is 5.92. The van der Waals surface area contributed by atoms with Gasteiger partial charge < -0.3 is 14.9 Å². The molecular formula is C18H15FN6O. The van der Waals surface area contributed by atoms with E-state index in [1.165, 1.54) is 12.4 Å². The summed E-state index contributed by atoms with van der Waals surface area (Å²) in [5.74, 6) is 1.04. The minimum absolute atomic E-state index is 0.0827. The van der Waals surface area contributed by atoms with Crippen LogP contribution in [0.3, 0.4) is 0 Å². The molecule has 8 heteroatoms. The van der Waals surface area contributed by atoms with Crippen molar-refractivity contribution in [2.75, 3.05) is 12.0 Å². The molecule has 2 N–H and O–H groups in total. The van der Waals surface area contributed by atoms with E-state index in [4.69, 9.17) is 0 Å². The van der Waals surface area contributed by atoms with Gasteiger partial charge in [-0.05, 0) is 24.3 Å². The summed E-state index contributed by atoms with van der Waals surface area (Å²) >= 11 is 0. The molecule has 0 spiro atoms. The fraction of sp³-hybridized carbons (Fsp3) is 0.111. The highest BCUT2D eigenvalue weighted by atomic mass is 19.1. The highest BCUT2D eigenvalue weighted by Gasteiger charge is 2.10. The number of anilines is 2. The van der Waals surface area contributed by atoms with E-state index in [-0.39, 0.29) is 12.0 Å². The van der Waals surface area contributed by atoms with Gasteiger partial charge in [0.1, 0.15) is 24.5 Å². The number of alkyl halides is 1. The number of hydrogen-bond acceptors (Lipinski definition) is 5. The van der Waals surface area contributed by atoms with Crippen LogP contribution in [0.1, 0.15) is 0 Å². The van der Waals surface area contributed by atoms with E-state index in [2.05, 4.69) is 25.5 Å². The Bertz CT molecular complexity index is 1110. The smallest absolute Gasteiger partial charge is 0.191 e. The summed E-state index contributed by atoms with van der Waals surface area (Å²) < 4.78 is 14.3. The molecule has 0 unspecified atom stereocenters. The number of hydrogen-bond donors (Lipinski definition) is 2. The molecule has 0 aliphatic heterocycles. The lowest BCUT2D eigenvalue weighted by Gasteiger charge is -2.10. The van der Waals surface area contributed by atoms with Crippen LogP contribution < -0.4 is 10.7 Å². The minimum Gasteiger partial charge on any atom is -0.361 e. The zero-order chi connectivity index (χ0) is 17.9. The number of fused-ring (bicyclic) bond motifs is 1. The van der Waals surface area contributed by atoms with Crippen molar-refractivity contribution in [3.8, 4) is 11.5 Å². The average molecular weight is 350 g/mol. The second kappa shape index (κ2) is 6.75. The molecule has 3 heterocycles. The number of aromatic amines is 1. The van der Waals surface area contributed by atoms with Gasteiger partial charge in [0.05, 0.1) is 23.1 Å². The van der Waals surface area contributed by atoms with Crippen molar-refractivity contribution >= 4 is 22.4 Å². The lowest BCUT2D eigenvalue weighted by molar-refractivity contribution is 0.446. The number of nitrogens with one attached hydrogen (secondary N) is 2. The van der Waals surface area contributed by atoms with Crippen molar-refractivity contribution in [1.29, 1.82) is 0 Å². The lowest BCUT2D eigenvalue weighted by atomic mass is 10.1. The monoisotopic (exact) mass is 350 g/mol. The number of aromatic nitrogens is 5. The van der Waals surface area contributed by atoms with E-state index >= 15 is 0 Å². The molecule has 4 rings (SSSR count). The molecule has 0 aliphatic rings. The lowest BCUT2D eigenvalue weighted by Crippen LogP contribution is -2.05. The predicted octanol–water partition coefficient (Wildman–Crippen LogP) is 2.89. The number of rotatable bonds is 5. The normalized spacial score (nSPS) is 11.0. The van der Waals surface area contributed by atoms with Crippen LogP contribution in [0.25, 0.3) is 22.4 Å². The Hall–Kier alpha value is -3.55. The fourth-order valence-corrected chi connectivity index (χ4v) is 2.81. The van der Waals surface area contributed by atoms with E-state index in [1.807, 2.05) is 24.3 Å². The van der Waals surface area contributed by atoms with Gasteiger partial charge in [0.15, 0.2) is 11.3 Å². The zero-order valence-corrected chi connectivity index (χ0v) is 13.7. The average Bonchev–Trinajstić information content (AvgIpc) is 3.11. The molecular weight excluding hydrogens is 335 g/mol. The number of pyridine rings is 2. The van der Waals surface area contributed by atoms with E-state index in [1.54, 1.807) is 22.9 Å². The van der Waals surface area contributed by atoms with Crippen LogP contribution in [0, 0.1) is 0 Å². The molecule has 7 nitrogen and oxygen atoms in total. The van der Waals surface area contributed by atoms with Gasteiger partial charge in [0.2, 0.25) is 0 Å². The Morgan fingerprint density at radius 1 is 1.15 bits per heavy atom. The van der Waals surface area contributed by atoms with Gasteiger partial charge in [-0.1, -0.05) is 12.1 Å². The first-order valence-corrected chi connectivity index (χ1v) is 8.05. The summed E-state index contributed by atoms with van der Waals surface area (Å²) in [5.41, 5.74) is 1.87. The van der Waals surface area contributed by atoms with Crippen LogP contribution in [0.4, 0.5) is 15.9 Å². The predicted molar refractivity (Wildman–Crippen MR) is 97.1 cm³/mol. The molecule has 0 bridgehead atoms. The van der Waals surface area contributed by atoms with Crippen LogP contribution in [-0.4, -0.2) is 31.4 Å². The maximum absolute atomic E-state index is 12.7. The Labute approximate surface area is 147 Å². The van der Waals surface area contributed by atoms with Gasteiger partial charge in [-0.2, -0.15) is 0 Å². The summed E-state index contributed by atoms with van der Waals surface area (Å²) in [5, 5.41) is 11.6. The highest BCUT2D eigenvalue weighted by Crippen LogP contribution is 2.23. The van der Waals surface area contributed by atoms with Crippen LogP contribution in [0.5, 0.6) is 0 Å². The summed E-state index contributed by atoms with van der Waals surface area (Å²) in [6.07, 6.45) is 3.09. The third kappa shape index (κ3) is 2.92. The first kappa shape index (κ1) is 15.9. The summed E-state index contributed by atoms with van der Waals surface area (Å²) in [7, 11) is 0. The Morgan fingerprint density at radius 3 is 2.92 bits per heavy atom. The Morgan fingerprint density at radius 2 is 2.04 bits per heavy atom. The van der Waals surface area contributed by atoms with Gasteiger partial charge in [0, 0.05) is 12.3 Å². The van der Waals surface area contributed by atoms with Crippen LogP contribution >= 0.6 is 0 Å². The number of aryl methyl sites for hydroxylation is 1. The molecule has 0 saturated carbocycles. The first-order valence-electron chi connectivity index (χ1n) is 8.05. The minimum atomic E-state index is -0.512. The van der Waals surface area contributed by atoms with Crippen molar-refractivity contribution in [3.63, 3.8) is 0 Å². The first-order chi connectivity index (χ1) is 12.8. The summed E-state index contributed by atoms with van der Waals surface area (Å²) in [6.45, 7) is -0.345. The van der Waals surface area contributed by atoms with E-state index < -0.39 is 6.67 Å². The zero-order valence-electron chi connectivity index (χ0n) is 13.7. The molecule has 130 valence electrons. The number of nitrogens with zero attached hydrogens (tertiary/aromatic N) is 4. The van der Waals surface area contributed by atoms with E-state index in [0.29, 0.717) is 28.4 Å². The van der Waals surface area contributed by atoms with Crippen LogP contribution in [0.2, 0.25) is 0 Å². The quantitative estimate of drug-likeness (QED) is 0.578. The molecule has 0 radical (unpaired) electrons. The molecule has 3 aromatic heterocycles. The van der Waals surface area contributed by atoms with Gasteiger partial charge in [-0.3, -0.25) is 4.79 Å². The molecule has 0 aliphatic carbocycles. The second-order valence-electron chi connectivity index (χ2n) is 5.64. The fourth-order valence-electron chi connectivity index (χ4n) is 2.81.